The van der Waals surface area contributed by atoms with Gasteiger partial charge in [0.25, 0.3) is 0 Å². The van der Waals surface area contributed by atoms with Crippen molar-refractivity contribution < 1.29 is 9.26 Å². The van der Waals surface area contributed by atoms with E-state index in [9.17, 15) is 0 Å². The highest BCUT2D eigenvalue weighted by Crippen LogP contribution is 2.39. The number of fused-ring (bicyclic) bond motifs is 1. The van der Waals surface area contributed by atoms with E-state index in [1.54, 1.807) is 11.8 Å². The number of aromatic nitrogens is 2. The molecule has 2 heterocycles. The maximum absolute atomic E-state index is 5.96. The van der Waals surface area contributed by atoms with Crippen molar-refractivity contribution in [3.05, 3.63) is 36.0 Å². The van der Waals surface area contributed by atoms with Crippen LogP contribution in [-0.2, 0) is 6.42 Å². The van der Waals surface area contributed by atoms with E-state index in [1.807, 2.05) is 18.2 Å². The van der Waals surface area contributed by atoms with Crippen LogP contribution in [0.25, 0.3) is 0 Å². The van der Waals surface area contributed by atoms with Crippen LogP contribution < -0.4 is 10.1 Å². The maximum atomic E-state index is 5.96. The molecule has 4 rings (SSSR count). The van der Waals surface area contributed by atoms with E-state index in [4.69, 9.17) is 9.26 Å². The van der Waals surface area contributed by atoms with Crippen molar-refractivity contribution >= 4 is 11.8 Å². The van der Waals surface area contributed by atoms with E-state index >= 15 is 0 Å². The topological polar surface area (TPSA) is 60.2 Å². The summed E-state index contributed by atoms with van der Waals surface area (Å²) in [6.07, 6.45) is 3.24. The van der Waals surface area contributed by atoms with E-state index in [2.05, 4.69) is 21.5 Å². The largest absolute Gasteiger partial charge is 0.480 e. The van der Waals surface area contributed by atoms with Gasteiger partial charge < -0.3 is 14.6 Å². The van der Waals surface area contributed by atoms with Gasteiger partial charge in [0.2, 0.25) is 11.7 Å². The molecule has 0 radical (unpaired) electrons. The second-order valence-electron chi connectivity index (χ2n) is 5.39. The third-order valence-electron chi connectivity index (χ3n) is 3.63. The van der Waals surface area contributed by atoms with Crippen molar-refractivity contribution in [2.75, 3.05) is 12.3 Å². The van der Waals surface area contributed by atoms with Crippen LogP contribution in [0, 0.1) is 0 Å². The van der Waals surface area contributed by atoms with Crippen LogP contribution in [0.15, 0.2) is 33.7 Å². The van der Waals surface area contributed by atoms with Crippen LogP contribution in [-0.4, -0.2) is 28.5 Å². The third-order valence-corrected chi connectivity index (χ3v) is 4.75. The normalized spacial score (nSPS) is 20.9. The quantitative estimate of drug-likeness (QED) is 0.916. The Morgan fingerprint density at radius 3 is 3.10 bits per heavy atom. The lowest BCUT2D eigenvalue weighted by molar-refractivity contribution is 0.205. The summed E-state index contributed by atoms with van der Waals surface area (Å²) in [5.74, 6) is 3.06. The highest BCUT2D eigenvalue weighted by Gasteiger charge is 2.26. The average molecular weight is 303 g/mol. The second-order valence-corrected chi connectivity index (χ2v) is 6.45. The number of hydrogen-bond acceptors (Lipinski definition) is 6. The smallest absolute Gasteiger partial charge is 0.228 e. The van der Waals surface area contributed by atoms with E-state index < -0.39 is 0 Å². The Morgan fingerprint density at radius 2 is 2.19 bits per heavy atom. The molecule has 1 aliphatic carbocycles. The molecule has 1 aromatic heterocycles. The lowest BCUT2D eigenvalue weighted by Crippen LogP contribution is -2.19. The van der Waals surface area contributed by atoms with Crippen molar-refractivity contribution in [3.63, 3.8) is 0 Å². The van der Waals surface area contributed by atoms with Crippen LogP contribution in [0.5, 0.6) is 5.75 Å². The summed E-state index contributed by atoms with van der Waals surface area (Å²) in [4.78, 5) is 5.64. The second kappa shape index (κ2) is 5.69. The SMILES string of the molecule is c1ccc2c(c1)OC(c1noc(CCNC3CC3)n1)CS2. The fraction of sp³-hybridized carbons (Fsp3) is 0.467. The van der Waals surface area contributed by atoms with Gasteiger partial charge in [-0.3, -0.25) is 0 Å². The molecule has 110 valence electrons. The standard InChI is InChI=1S/C15H17N3O2S/c1-2-4-13-11(3-1)19-12(9-21-13)15-17-14(20-18-15)7-8-16-10-5-6-10/h1-4,10,12,16H,5-9H2. The molecular formula is C15H17N3O2S. The first kappa shape index (κ1) is 13.2. The van der Waals surface area contributed by atoms with Crippen LogP contribution in [0.4, 0.5) is 0 Å². The number of nitrogens with one attached hydrogen (secondary N) is 1. The Kier molecular flexibility index (Phi) is 3.57. The van der Waals surface area contributed by atoms with E-state index in [0.717, 1.165) is 24.5 Å². The van der Waals surface area contributed by atoms with E-state index in [0.29, 0.717) is 17.8 Å². The zero-order chi connectivity index (χ0) is 14.1. The molecular weight excluding hydrogens is 286 g/mol. The number of thioether (sulfide) groups is 1. The lowest BCUT2D eigenvalue weighted by atomic mass is 10.3. The first-order valence-electron chi connectivity index (χ1n) is 7.33. The van der Waals surface area contributed by atoms with Gasteiger partial charge >= 0.3 is 0 Å². The highest BCUT2D eigenvalue weighted by atomic mass is 32.2. The first-order valence-corrected chi connectivity index (χ1v) is 8.31. The van der Waals surface area contributed by atoms with Crippen molar-refractivity contribution in [1.29, 1.82) is 0 Å². The van der Waals surface area contributed by atoms with Crippen molar-refractivity contribution in [3.8, 4) is 5.75 Å². The molecule has 0 bridgehead atoms. The molecule has 21 heavy (non-hydrogen) atoms. The highest BCUT2D eigenvalue weighted by molar-refractivity contribution is 7.99. The summed E-state index contributed by atoms with van der Waals surface area (Å²) in [5, 5.41) is 7.52. The molecule has 1 saturated carbocycles. The molecule has 5 nitrogen and oxygen atoms in total. The molecule has 1 N–H and O–H groups in total. The molecule has 1 atom stereocenters. The molecule has 0 amide bonds. The molecule has 6 heteroatoms. The number of benzene rings is 1. The Labute approximate surface area is 127 Å². The fourth-order valence-corrected chi connectivity index (χ4v) is 3.30. The van der Waals surface area contributed by atoms with Gasteiger partial charge in [-0.1, -0.05) is 17.3 Å². The molecule has 0 spiro atoms. The Balaban J connectivity index is 1.39. The zero-order valence-corrected chi connectivity index (χ0v) is 12.4. The Morgan fingerprint density at radius 1 is 1.29 bits per heavy atom. The maximum Gasteiger partial charge on any atom is 0.228 e. The van der Waals surface area contributed by atoms with Crippen molar-refractivity contribution in [1.82, 2.24) is 15.5 Å². The predicted octanol–water partition coefficient (Wildman–Crippen LogP) is 2.59. The number of hydrogen-bond donors (Lipinski definition) is 1. The molecule has 1 unspecified atom stereocenters. The molecule has 2 aromatic rings. The van der Waals surface area contributed by atoms with E-state index in [-0.39, 0.29) is 6.10 Å². The summed E-state index contributed by atoms with van der Waals surface area (Å²) in [6.45, 7) is 0.898. The van der Waals surface area contributed by atoms with Gasteiger partial charge in [0.15, 0.2) is 6.10 Å². The summed E-state index contributed by atoms with van der Waals surface area (Å²) < 4.78 is 11.3. The first-order chi connectivity index (χ1) is 10.4. The predicted molar refractivity (Wildman–Crippen MR) is 79.6 cm³/mol. The van der Waals surface area contributed by atoms with Gasteiger partial charge in [0.1, 0.15) is 5.75 Å². The fourth-order valence-electron chi connectivity index (χ4n) is 2.32. The summed E-state index contributed by atoms with van der Waals surface area (Å²) in [5.41, 5.74) is 0. The molecule has 1 aromatic carbocycles. The Bertz CT molecular complexity index is 627. The van der Waals surface area contributed by atoms with Gasteiger partial charge in [-0.15, -0.1) is 11.8 Å². The summed E-state index contributed by atoms with van der Waals surface area (Å²) >= 11 is 1.77. The number of rotatable bonds is 5. The van der Waals surface area contributed by atoms with Gasteiger partial charge in [-0.25, -0.2) is 0 Å². The minimum absolute atomic E-state index is 0.126. The minimum atomic E-state index is -0.126. The van der Waals surface area contributed by atoms with Crippen LogP contribution in [0.3, 0.4) is 0 Å². The lowest BCUT2D eigenvalue weighted by Gasteiger charge is -2.22. The third kappa shape index (κ3) is 3.06. The minimum Gasteiger partial charge on any atom is -0.480 e. The monoisotopic (exact) mass is 303 g/mol. The van der Waals surface area contributed by atoms with Gasteiger partial charge in [0, 0.05) is 29.7 Å². The number of para-hydroxylation sites is 1. The number of nitrogens with zero attached hydrogens (tertiary/aromatic N) is 2. The van der Waals surface area contributed by atoms with Crippen LogP contribution in [0.1, 0.15) is 30.7 Å². The molecule has 1 fully saturated rings. The van der Waals surface area contributed by atoms with Crippen molar-refractivity contribution in [2.24, 2.45) is 0 Å². The molecule has 0 saturated heterocycles. The van der Waals surface area contributed by atoms with Crippen molar-refractivity contribution in [2.45, 2.75) is 36.3 Å². The summed E-state index contributed by atoms with van der Waals surface area (Å²) in [6, 6.07) is 8.76. The zero-order valence-electron chi connectivity index (χ0n) is 11.6. The van der Waals surface area contributed by atoms with Gasteiger partial charge in [-0.2, -0.15) is 4.98 Å². The van der Waals surface area contributed by atoms with E-state index in [1.165, 1.54) is 17.7 Å². The average Bonchev–Trinajstić information content (AvgIpc) is 3.23. The van der Waals surface area contributed by atoms with Crippen LogP contribution >= 0.6 is 11.8 Å². The van der Waals surface area contributed by atoms with Gasteiger partial charge in [-0.05, 0) is 25.0 Å². The Hall–Kier alpha value is -1.53. The van der Waals surface area contributed by atoms with Gasteiger partial charge in [0.05, 0.1) is 0 Å². The van der Waals surface area contributed by atoms with Crippen LogP contribution in [0.2, 0.25) is 0 Å². The summed E-state index contributed by atoms with van der Waals surface area (Å²) in [7, 11) is 0. The molecule has 1 aliphatic heterocycles. The molecule has 2 aliphatic rings. The number of ether oxygens (including phenoxy) is 1.